The van der Waals surface area contributed by atoms with E-state index in [0.717, 1.165) is 35.6 Å². The second-order valence-electron chi connectivity index (χ2n) is 6.38. The third-order valence-corrected chi connectivity index (χ3v) is 4.10. The van der Waals surface area contributed by atoms with Crippen LogP contribution in [0.3, 0.4) is 0 Å². The Kier molecular flexibility index (Phi) is 5.27. The van der Waals surface area contributed by atoms with Crippen molar-refractivity contribution in [2.24, 2.45) is 5.92 Å². The maximum absolute atomic E-state index is 9.04. The summed E-state index contributed by atoms with van der Waals surface area (Å²) < 4.78 is 1.93. The molecule has 1 atom stereocenters. The van der Waals surface area contributed by atoms with Gasteiger partial charge in [0, 0.05) is 30.4 Å². The first-order chi connectivity index (χ1) is 12.2. The monoisotopic (exact) mass is 330 g/mol. The maximum atomic E-state index is 9.04. The number of nitriles is 1. The fourth-order valence-electron chi connectivity index (χ4n) is 2.94. The summed E-state index contributed by atoms with van der Waals surface area (Å²) >= 11 is 0. The predicted octanol–water partition coefficient (Wildman–Crippen LogP) is 4.13. The van der Waals surface area contributed by atoms with Gasteiger partial charge in [-0.3, -0.25) is 0 Å². The van der Waals surface area contributed by atoms with Crippen LogP contribution in [0.1, 0.15) is 12.5 Å². The lowest BCUT2D eigenvalue weighted by molar-refractivity contribution is 0.303. The number of para-hydroxylation sites is 1. The molecular formula is C21H22N4. The van der Waals surface area contributed by atoms with Crippen molar-refractivity contribution in [2.45, 2.75) is 13.5 Å². The van der Waals surface area contributed by atoms with E-state index in [4.69, 9.17) is 10.4 Å². The summed E-state index contributed by atoms with van der Waals surface area (Å²) in [5, 5.41) is 13.9. The van der Waals surface area contributed by atoms with Gasteiger partial charge in [0.05, 0.1) is 23.4 Å². The Hall–Kier alpha value is -2.90. The Morgan fingerprint density at radius 2 is 1.72 bits per heavy atom. The molecule has 25 heavy (non-hydrogen) atoms. The molecular weight excluding hydrogens is 308 g/mol. The fourth-order valence-corrected chi connectivity index (χ4v) is 2.94. The third kappa shape index (κ3) is 4.14. The lowest BCUT2D eigenvalue weighted by atomic mass is 10.1. The van der Waals surface area contributed by atoms with E-state index in [1.165, 1.54) is 0 Å². The van der Waals surface area contributed by atoms with Gasteiger partial charge in [0.25, 0.3) is 0 Å². The topological polar surface area (TPSA) is 44.9 Å². The van der Waals surface area contributed by atoms with Crippen LogP contribution in [-0.4, -0.2) is 28.3 Å². The molecule has 3 rings (SSSR count). The first kappa shape index (κ1) is 16.9. The molecule has 0 bridgehead atoms. The normalized spacial score (nSPS) is 12.1. The molecule has 0 amide bonds. The highest BCUT2D eigenvalue weighted by Gasteiger charge is 2.15. The van der Waals surface area contributed by atoms with Crippen molar-refractivity contribution in [1.82, 2.24) is 14.7 Å². The van der Waals surface area contributed by atoms with Crippen LogP contribution in [0, 0.1) is 17.2 Å². The molecule has 4 heteroatoms. The van der Waals surface area contributed by atoms with Gasteiger partial charge >= 0.3 is 0 Å². The van der Waals surface area contributed by atoms with Gasteiger partial charge in [0.15, 0.2) is 0 Å². The summed E-state index contributed by atoms with van der Waals surface area (Å²) in [6.45, 7) is 3.44. The average molecular weight is 330 g/mol. The molecule has 0 fully saturated rings. The van der Waals surface area contributed by atoms with E-state index in [-0.39, 0.29) is 5.92 Å². The molecule has 1 heterocycles. The number of hydrogen-bond donors (Lipinski definition) is 0. The molecule has 3 aromatic rings. The Labute approximate surface area is 148 Å². The van der Waals surface area contributed by atoms with Crippen LogP contribution in [0.5, 0.6) is 0 Å². The molecule has 0 aliphatic carbocycles. The number of hydrogen-bond acceptors (Lipinski definition) is 3. The van der Waals surface area contributed by atoms with E-state index in [1.807, 2.05) is 67.2 Å². The first-order valence-corrected chi connectivity index (χ1v) is 8.45. The maximum Gasteiger partial charge on any atom is 0.0972 e. The zero-order chi connectivity index (χ0) is 17.6. The van der Waals surface area contributed by atoms with Gasteiger partial charge < -0.3 is 4.90 Å². The molecule has 1 aromatic heterocycles. The zero-order valence-corrected chi connectivity index (χ0v) is 14.6. The third-order valence-electron chi connectivity index (χ3n) is 4.10. The molecule has 0 saturated heterocycles. The van der Waals surface area contributed by atoms with Crippen molar-refractivity contribution < 1.29 is 0 Å². The smallest absolute Gasteiger partial charge is 0.0972 e. The standard InChI is InChI=1S/C21H22N4/c1-17(13-22)14-24(2)15-19-16-25(20-11-7-4-8-12-20)23-21(19)18-9-5-3-6-10-18/h3-12,16-17H,14-15H2,1-2H3/t17-/m0/s1. The largest absolute Gasteiger partial charge is 0.301 e. The predicted molar refractivity (Wildman–Crippen MR) is 100 cm³/mol. The summed E-state index contributed by atoms with van der Waals surface area (Å²) in [6, 6.07) is 22.7. The quantitative estimate of drug-likeness (QED) is 0.682. The minimum absolute atomic E-state index is 0.00865. The van der Waals surface area contributed by atoms with Crippen molar-refractivity contribution in [2.75, 3.05) is 13.6 Å². The Bertz CT molecular complexity index is 847. The van der Waals surface area contributed by atoms with E-state index in [1.54, 1.807) is 0 Å². The SMILES string of the molecule is C[C@@H](C#N)CN(C)Cc1cn(-c2ccccc2)nc1-c1ccccc1. The lowest BCUT2D eigenvalue weighted by Gasteiger charge is -2.17. The molecule has 2 aromatic carbocycles. The highest BCUT2D eigenvalue weighted by molar-refractivity contribution is 5.63. The molecule has 0 aliphatic heterocycles. The molecule has 0 spiro atoms. The summed E-state index contributed by atoms with van der Waals surface area (Å²) in [6.07, 6.45) is 2.09. The van der Waals surface area contributed by atoms with Crippen molar-refractivity contribution in [3.8, 4) is 23.0 Å². The van der Waals surface area contributed by atoms with Gasteiger partial charge in [-0.05, 0) is 26.1 Å². The molecule has 0 unspecified atom stereocenters. The lowest BCUT2D eigenvalue weighted by Crippen LogP contribution is -2.23. The number of aromatic nitrogens is 2. The summed E-state index contributed by atoms with van der Waals surface area (Å²) in [5.74, 6) is 0.00865. The van der Waals surface area contributed by atoms with E-state index >= 15 is 0 Å². The second kappa shape index (κ2) is 7.78. The van der Waals surface area contributed by atoms with Gasteiger partial charge in [-0.15, -0.1) is 0 Å². The minimum Gasteiger partial charge on any atom is -0.301 e. The summed E-state index contributed by atoms with van der Waals surface area (Å²) in [5.41, 5.74) is 4.29. The number of nitrogens with zero attached hydrogens (tertiary/aromatic N) is 4. The summed E-state index contributed by atoms with van der Waals surface area (Å²) in [4.78, 5) is 2.17. The van der Waals surface area contributed by atoms with Crippen molar-refractivity contribution in [3.63, 3.8) is 0 Å². The molecule has 0 N–H and O–H groups in total. The number of benzene rings is 2. The van der Waals surface area contributed by atoms with Crippen LogP contribution in [0.4, 0.5) is 0 Å². The number of rotatable bonds is 6. The zero-order valence-electron chi connectivity index (χ0n) is 14.6. The van der Waals surface area contributed by atoms with Gasteiger partial charge in [-0.25, -0.2) is 4.68 Å². The average Bonchev–Trinajstić information content (AvgIpc) is 3.06. The van der Waals surface area contributed by atoms with Gasteiger partial charge in [-0.1, -0.05) is 48.5 Å². The Morgan fingerprint density at radius 3 is 2.36 bits per heavy atom. The summed E-state index contributed by atoms with van der Waals surface area (Å²) in [7, 11) is 2.04. The van der Waals surface area contributed by atoms with Crippen LogP contribution >= 0.6 is 0 Å². The van der Waals surface area contributed by atoms with Crippen LogP contribution in [0.2, 0.25) is 0 Å². The molecule has 0 radical (unpaired) electrons. The molecule has 126 valence electrons. The van der Waals surface area contributed by atoms with Crippen molar-refractivity contribution in [3.05, 3.63) is 72.4 Å². The highest BCUT2D eigenvalue weighted by atomic mass is 15.3. The molecule has 0 saturated carbocycles. The Morgan fingerprint density at radius 1 is 1.08 bits per heavy atom. The van der Waals surface area contributed by atoms with E-state index < -0.39 is 0 Å². The highest BCUT2D eigenvalue weighted by Crippen LogP contribution is 2.24. The van der Waals surface area contributed by atoms with Gasteiger partial charge in [-0.2, -0.15) is 10.4 Å². The van der Waals surface area contributed by atoms with Crippen LogP contribution in [0.25, 0.3) is 16.9 Å². The van der Waals surface area contributed by atoms with E-state index in [9.17, 15) is 0 Å². The van der Waals surface area contributed by atoms with E-state index in [0.29, 0.717) is 0 Å². The fraction of sp³-hybridized carbons (Fsp3) is 0.238. The van der Waals surface area contributed by atoms with Crippen LogP contribution in [-0.2, 0) is 6.54 Å². The van der Waals surface area contributed by atoms with Crippen LogP contribution in [0.15, 0.2) is 66.9 Å². The Balaban J connectivity index is 1.95. The van der Waals surface area contributed by atoms with Crippen LogP contribution < -0.4 is 0 Å². The minimum atomic E-state index is 0.00865. The first-order valence-electron chi connectivity index (χ1n) is 8.45. The van der Waals surface area contributed by atoms with E-state index in [2.05, 4.69) is 29.3 Å². The second-order valence-corrected chi connectivity index (χ2v) is 6.38. The van der Waals surface area contributed by atoms with Crippen molar-refractivity contribution >= 4 is 0 Å². The van der Waals surface area contributed by atoms with Gasteiger partial charge in [0.2, 0.25) is 0 Å². The molecule has 4 nitrogen and oxygen atoms in total. The van der Waals surface area contributed by atoms with Gasteiger partial charge in [0.1, 0.15) is 0 Å². The van der Waals surface area contributed by atoms with Crippen molar-refractivity contribution in [1.29, 1.82) is 5.26 Å². The molecule has 0 aliphatic rings.